The summed E-state index contributed by atoms with van der Waals surface area (Å²) in [5.74, 6) is -2.37. The van der Waals surface area contributed by atoms with Crippen molar-refractivity contribution in [3.8, 4) is 0 Å². The van der Waals surface area contributed by atoms with Crippen LogP contribution in [0.3, 0.4) is 0 Å². The normalized spacial score (nSPS) is 12.8. The second-order valence-electron chi connectivity index (χ2n) is 3.96. The summed E-state index contributed by atoms with van der Waals surface area (Å²) in [5.41, 5.74) is -1.73. The molecule has 20 heavy (non-hydrogen) atoms. The van der Waals surface area contributed by atoms with E-state index in [2.05, 4.69) is 21.2 Å². The van der Waals surface area contributed by atoms with Gasteiger partial charge in [0.25, 0.3) is 5.91 Å². The number of carbonyl (C=O) groups is 2. The molecular weight excluding hydrogens is 343 g/mol. The van der Waals surface area contributed by atoms with Crippen molar-refractivity contribution in [2.75, 3.05) is 0 Å². The van der Waals surface area contributed by atoms with Crippen molar-refractivity contribution in [2.24, 2.45) is 0 Å². The van der Waals surface area contributed by atoms with Gasteiger partial charge in [0.1, 0.15) is 6.04 Å². The summed E-state index contributed by atoms with van der Waals surface area (Å²) >= 11 is 2.90. The van der Waals surface area contributed by atoms with Crippen molar-refractivity contribution >= 4 is 27.8 Å². The van der Waals surface area contributed by atoms with Gasteiger partial charge in [-0.05, 0) is 24.6 Å². The number of hydrogen-bond acceptors (Lipinski definition) is 2. The Morgan fingerprint density at radius 2 is 2.00 bits per heavy atom. The fraction of sp³-hybridized carbons (Fsp3) is 0.333. The molecular formula is C12H11BrF3NO3. The fourth-order valence-electron chi connectivity index (χ4n) is 1.52. The zero-order valence-electron chi connectivity index (χ0n) is 10.3. The lowest BCUT2D eigenvalue weighted by molar-refractivity contribution is -0.139. The van der Waals surface area contributed by atoms with Crippen LogP contribution in [0.5, 0.6) is 0 Å². The predicted octanol–water partition coefficient (Wildman–Crippen LogP) is 3.06. The van der Waals surface area contributed by atoms with Crippen molar-refractivity contribution in [1.82, 2.24) is 5.32 Å². The fourth-order valence-corrected chi connectivity index (χ4v) is 1.88. The number of halogens is 4. The van der Waals surface area contributed by atoms with E-state index in [1.54, 1.807) is 0 Å². The minimum Gasteiger partial charge on any atom is -0.480 e. The van der Waals surface area contributed by atoms with Crippen LogP contribution in [-0.2, 0) is 11.0 Å². The van der Waals surface area contributed by atoms with Crippen molar-refractivity contribution in [3.05, 3.63) is 33.8 Å². The minimum absolute atomic E-state index is 0.0684. The van der Waals surface area contributed by atoms with Crippen LogP contribution in [-0.4, -0.2) is 23.0 Å². The Labute approximate surface area is 121 Å². The maximum Gasteiger partial charge on any atom is 0.417 e. The highest BCUT2D eigenvalue weighted by molar-refractivity contribution is 9.10. The molecule has 0 spiro atoms. The smallest absolute Gasteiger partial charge is 0.417 e. The number of carbonyl (C=O) groups excluding carboxylic acids is 1. The van der Waals surface area contributed by atoms with E-state index >= 15 is 0 Å². The number of carboxylic acids is 1. The zero-order chi connectivity index (χ0) is 15.5. The lowest BCUT2D eigenvalue weighted by Gasteiger charge is -2.16. The third-order valence-corrected chi connectivity index (χ3v) is 3.04. The molecule has 0 aromatic heterocycles. The van der Waals surface area contributed by atoms with Gasteiger partial charge < -0.3 is 10.4 Å². The van der Waals surface area contributed by atoms with Crippen LogP contribution in [0.1, 0.15) is 29.3 Å². The van der Waals surface area contributed by atoms with Gasteiger partial charge in [0.2, 0.25) is 0 Å². The monoisotopic (exact) mass is 353 g/mol. The Morgan fingerprint density at radius 1 is 1.40 bits per heavy atom. The predicted molar refractivity (Wildman–Crippen MR) is 68.3 cm³/mol. The van der Waals surface area contributed by atoms with Gasteiger partial charge in [-0.25, -0.2) is 4.79 Å². The Kier molecular flexibility index (Phi) is 5.15. The third kappa shape index (κ3) is 3.96. The largest absolute Gasteiger partial charge is 0.480 e. The molecule has 1 amide bonds. The highest BCUT2D eigenvalue weighted by atomic mass is 79.9. The van der Waals surface area contributed by atoms with Crippen LogP contribution >= 0.6 is 15.9 Å². The summed E-state index contributed by atoms with van der Waals surface area (Å²) in [6.45, 7) is 1.51. The van der Waals surface area contributed by atoms with Crippen molar-refractivity contribution in [1.29, 1.82) is 0 Å². The summed E-state index contributed by atoms with van der Waals surface area (Å²) < 4.78 is 38.7. The summed E-state index contributed by atoms with van der Waals surface area (Å²) in [7, 11) is 0. The molecule has 8 heteroatoms. The van der Waals surface area contributed by atoms with Crippen LogP contribution in [0.15, 0.2) is 22.7 Å². The molecule has 1 aromatic rings. The number of amides is 1. The summed E-state index contributed by atoms with van der Waals surface area (Å²) in [5, 5.41) is 10.9. The number of benzene rings is 1. The number of alkyl halides is 3. The first-order chi connectivity index (χ1) is 9.16. The topological polar surface area (TPSA) is 66.4 Å². The molecule has 0 bridgehead atoms. The quantitative estimate of drug-likeness (QED) is 0.874. The van der Waals surface area contributed by atoms with E-state index < -0.39 is 35.2 Å². The molecule has 1 aromatic carbocycles. The van der Waals surface area contributed by atoms with Gasteiger partial charge in [0.05, 0.1) is 11.1 Å². The van der Waals surface area contributed by atoms with Gasteiger partial charge in [0.15, 0.2) is 0 Å². The van der Waals surface area contributed by atoms with Gasteiger partial charge >= 0.3 is 12.1 Å². The second-order valence-corrected chi connectivity index (χ2v) is 4.88. The third-order valence-electron chi connectivity index (χ3n) is 2.54. The first-order valence-corrected chi connectivity index (χ1v) is 6.36. The van der Waals surface area contributed by atoms with Gasteiger partial charge in [0, 0.05) is 4.47 Å². The van der Waals surface area contributed by atoms with Gasteiger partial charge in [-0.1, -0.05) is 22.9 Å². The molecule has 1 rings (SSSR count). The number of nitrogens with one attached hydrogen (secondary N) is 1. The maximum absolute atomic E-state index is 12.8. The highest BCUT2D eigenvalue weighted by Crippen LogP contribution is 2.33. The molecule has 2 N–H and O–H groups in total. The molecule has 0 unspecified atom stereocenters. The van der Waals surface area contributed by atoms with E-state index in [-0.39, 0.29) is 10.9 Å². The van der Waals surface area contributed by atoms with Crippen LogP contribution in [0.4, 0.5) is 13.2 Å². The zero-order valence-corrected chi connectivity index (χ0v) is 11.9. The molecule has 0 radical (unpaired) electrons. The highest BCUT2D eigenvalue weighted by Gasteiger charge is 2.36. The lowest BCUT2D eigenvalue weighted by Crippen LogP contribution is -2.40. The molecule has 0 fully saturated rings. The van der Waals surface area contributed by atoms with Gasteiger partial charge in [-0.15, -0.1) is 0 Å². The van der Waals surface area contributed by atoms with Gasteiger partial charge in [-0.2, -0.15) is 13.2 Å². The summed E-state index contributed by atoms with van der Waals surface area (Å²) in [6.07, 6.45) is -4.64. The summed E-state index contributed by atoms with van der Waals surface area (Å²) in [4.78, 5) is 22.6. The Balaban J connectivity index is 3.13. The van der Waals surface area contributed by atoms with E-state index in [1.807, 2.05) is 0 Å². The number of aliphatic carboxylic acids is 1. The number of rotatable bonds is 4. The molecule has 0 saturated heterocycles. The van der Waals surface area contributed by atoms with E-state index in [0.29, 0.717) is 0 Å². The SMILES string of the molecule is CC[C@@H](NC(=O)c1ccc(Br)cc1C(F)(F)F)C(=O)O. The van der Waals surface area contributed by atoms with Crippen molar-refractivity contribution in [3.63, 3.8) is 0 Å². The Bertz CT molecular complexity index is 531. The lowest BCUT2D eigenvalue weighted by atomic mass is 10.1. The molecule has 0 aliphatic carbocycles. The number of hydrogen-bond donors (Lipinski definition) is 2. The number of carboxylic acid groups (broad SMARTS) is 1. The summed E-state index contributed by atoms with van der Waals surface area (Å²) in [6, 6.07) is 1.83. The van der Waals surface area contributed by atoms with Crippen LogP contribution < -0.4 is 5.32 Å². The first kappa shape index (κ1) is 16.5. The average Bonchev–Trinajstić information content (AvgIpc) is 2.34. The maximum atomic E-state index is 12.8. The molecule has 0 aliphatic heterocycles. The second kappa shape index (κ2) is 6.25. The molecule has 0 heterocycles. The van der Waals surface area contributed by atoms with Crippen LogP contribution in [0.2, 0.25) is 0 Å². The van der Waals surface area contributed by atoms with Gasteiger partial charge in [-0.3, -0.25) is 4.79 Å². The van der Waals surface area contributed by atoms with Crippen molar-refractivity contribution in [2.45, 2.75) is 25.6 Å². The molecule has 0 saturated carbocycles. The first-order valence-electron chi connectivity index (χ1n) is 5.57. The standard InChI is InChI=1S/C12H11BrF3NO3/c1-2-9(11(19)20)17-10(18)7-4-3-6(13)5-8(7)12(14,15)16/h3-5,9H,2H2,1H3,(H,17,18)(H,19,20)/t9-/m1/s1. The van der Waals surface area contributed by atoms with E-state index in [4.69, 9.17) is 5.11 Å². The molecule has 110 valence electrons. The van der Waals surface area contributed by atoms with Crippen molar-refractivity contribution < 1.29 is 27.9 Å². The van der Waals surface area contributed by atoms with Crippen LogP contribution in [0, 0.1) is 0 Å². The Hall–Kier alpha value is -1.57. The van der Waals surface area contributed by atoms with E-state index in [0.717, 1.165) is 12.1 Å². The molecule has 0 aliphatic rings. The van der Waals surface area contributed by atoms with Crippen LogP contribution in [0.25, 0.3) is 0 Å². The van der Waals surface area contributed by atoms with E-state index in [9.17, 15) is 22.8 Å². The molecule has 4 nitrogen and oxygen atoms in total. The minimum atomic E-state index is -4.71. The Morgan fingerprint density at radius 3 is 2.45 bits per heavy atom. The van der Waals surface area contributed by atoms with E-state index in [1.165, 1.54) is 13.0 Å². The molecule has 1 atom stereocenters. The average molecular weight is 354 g/mol.